The van der Waals surface area contributed by atoms with Crippen molar-refractivity contribution in [1.82, 2.24) is 9.88 Å². The molecule has 1 amide bonds. The molecule has 0 unspecified atom stereocenters. The fourth-order valence-corrected chi connectivity index (χ4v) is 4.30. The molecule has 27 heavy (non-hydrogen) atoms. The third kappa shape index (κ3) is 3.46. The van der Waals surface area contributed by atoms with Crippen molar-refractivity contribution in [2.75, 3.05) is 7.05 Å². The van der Waals surface area contributed by atoms with Crippen LogP contribution in [0.15, 0.2) is 54.6 Å². The van der Waals surface area contributed by atoms with Gasteiger partial charge in [0.15, 0.2) is 0 Å². The van der Waals surface area contributed by atoms with Crippen LogP contribution in [-0.4, -0.2) is 28.9 Å². The molecule has 1 aromatic heterocycles. The number of hydrogen-bond acceptors (Lipinski definition) is 2. The summed E-state index contributed by atoms with van der Waals surface area (Å²) in [5.41, 5.74) is 5.27. The van der Waals surface area contributed by atoms with E-state index in [0.29, 0.717) is 12.5 Å². The number of aryl methyl sites for hydroxylation is 1. The Morgan fingerprint density at radius 3 is 2.44 bits per heavy atom. The Morgan fingerprint density at radius 1 is 1.04 bits per heavy atom. The van der Waals surface area contributed by atoms with Crippen LogP contribution < -0.4 is 0 Å². The number of nitrogens with zero attached hydrogens (tertiary/aromatic N) is 2. The Bertz CT molecular complexity index is 959. The number of amides is 1. The minimum absolute atomic E-state index is 0.194. The van der Waals surface area contributed by atoms with Crippen LogP contribution in [0.5, 0.6) is 0 Å². The Balaban J connectivity index is 1.79. The van der Waals surface area contributed by atoms with E-state index in [1.54, 1.807) is 0 Å². The molecule has 4 rings (SSSR count). The molecule has 0 radical (unpaired) electrons. The molecule has 2 aromatic carbocycles. The molecule has 0 aliphatic heterocycles. The molecule has 0 bridgehead atoms. The number of carbonyl (C=O) groups excluding carboxylic acids is 1. The van der Waals surface area contributed by atoms with Gasteiger partial charge in [-0.2, -0.15) is 0 Å². The zero-order valence-corrected chi connectivity index (χ0v) is 16.1. The lowest BCUT2D eigenvalue weighted by atomic mass is 9.92. The maximum Gasteiger partial charge on any atom is 0.227 e. The molecule has 3 nitrogen and oxygen atoms in total. The van der Waals surface area contributed by atoms with E-state index in [1.807, 2.05) is 43.1 Å². The minimum atomic E-state index is 0.194. The highest BCUT2D eigenvalue weighted by Crippen LogP contribution is 2.34. The van der Waals surface area contributed by atoms with Crippen LogP contribution in [0.3, 0.4) is 0 Å². The van der Waals surface area contributed by atoms with E-state index in [2.05, 4.69) is 30.3 Å². The number of hydrogen-bond donors (Lipinski definition) is 0. The molecule has 1 heterocycles. The largest absolute Gasteiger partial charge is 0.342 e. The van der Waals surface area contributed by atoms with Gasteiger partial charge < -0.3 is 4.90 Å². The summed E-state index contributed by atoms with van der Waals surface area (Å²) < 4.78 is 0. The first kappa shape index (κ1) is 17.7. The lowest BCUT2D eigenvalue weighted by molar-refractivity contribution is -0.131. The number of carbonyl (C=O) groups is 1. The lowest BCUT2D eigenvalue weighted by Crippen LogP contribution is -2.36. The number of pyridine rings is 1. The molecule has 0 saturated heterocycles. The summed E-state index contributed by atoms with van der Waals surface area (Å²) >= 11 is 0. The molecule has 1 fully saturated rings. The Morgan fingerprint density at radius 2 is 1.70 bits per heavy atom. The number of aromatic nitrogens is 1. The van der Waals surface area contributed by atoms with Crippen molar-refractivity contribution in [3.8, 4) is 11.1 Å². The maximum atomic E-state index is 13.1. The van der Waals surface area contributed by atoms with Gasteiger partial charge in [-0.15, -0.1) is 0 Å². The third-order valence-electron chi connectivity index (χ3n) is 5.86. The first-order chi connectivity index (χ1) is 13.1. The fourth-order valence-electron chi connectivity index (χ4n) is 4.30. The van der Waals surface area contributed by atoms with Crippen molar-refractivity contribution in [1.29, 1.82) is 0 Å². The van der Waals surface area contributed by atoms with Crippen LogP contribution in [0.1, 0.15) is 36.9 Å². The molecule has 1 saturated carbocycles. The zero-order chi connectivity index (χ0) is 18.8. The zero-order valence-electron chi connectivity index (χ0n) is 16.1. The van der Waals surface area contributed by atoms with Gasteiger partial charge in [0.05, 0.1) is 11.9 Å². The smallest absolute Gasteiger partial charge is 0.227 e. The third-order valence-corrected chi connectivity index (χ3v) is 5.86. The standard InChI is InChI=1S/C24H26N2O/c1-17-21(16-23(27)26(2)19-12-6-7-13-19)24(18-10-4-3-5-11-18)20-14-8-9-15-22(20)25-17/h3-5,8-11,14-15,19H,6-7,12-13,16H2,1-2H3. The predicted octanol–water partition coefficient (Wildman–Crippen LogP) is 5.15. The van der Waals surface area contributed by atoms with Crippen molar-refractivity contribution < 1.29 is 4.79 Å². The van der Waals surface area contributed by atoms with Crippen LogP contribution >= 0.6 is 0 Å². The molecular weight excluding hydrogens is 332 g/mol. The van der Waals surface area contributed by atoms with Crippen molar-refractivity contribution in [3.05, 3.63) is 65.9 Å². The van der Waals surface area contributed by atoms with E-state index in [0.717, 1.165) is 46.1 Å². The van der Waals surface area contributed by atoms with Crippen molar-refractivity contribution in [2.45, 2.75) is 45.1 Å². The summed E-state index contributed by atoms with van der Waals surface area (Å²) in [6, 6.07) is 19.0. The second-order valence-corrected chi connectivity index (χ2v) is 7.55. The molecule has 1 aliphatic carbocycles. The normalized spacial score (nSPS) is 14.6. The molecule has 3 aromatic rings. The number of fused-ring (bicyclic) bond motifs is 1. The van der Waals surface area contributed by atoms with Crippen LogP contribution in [-0.2, 0) is 11.2 Å². The van der Waals surface area contributed by atoms with Gasteiger partial charge in [-0.3, -0.25) is 9.78 Å². The second-order valence-electron chi connectivity index (χ2n) is 7.55. The summed E-state index contributed by atoms with van der Waals surface area (Å²) in [7, 11) is 1.96. The van der Waals surface area contributed by atoms with E-state index < -0.39 is 0 Å². The van der Waals surface area contributed by atoms with E-state index in [-0.39, 0.29) is 5.91 Å². The predicted molar refractivity (Wildman–Crippen MR) is 111 cm³/mol. The molecule has 138 valence electrons. The van der Waals surface area contributed by atoms with Crippen LogP contribution in [0.25, 0.3) is 22.0 Å². The number of benzene rings is 2. The summed E-state index contributed by atoms with van der Waals surface area (Å²) in [5.74, 6) is 0.194. The summed E-state index contributed by atoms with van der Waals surface area (Å²) in [4.78, 5) is 19.8. The Hall–Kier alpha value is -2.68. The highest BCUT2D eigenvalue weighted by molar-refractivity contribution is 5.98. The molecule has 0 atom stereocenters. The van der Waals surface area contributed by atoms with Crippen LogP contribution in [0.2, 0.25) is 0 Å². The maximum absolute atomic E-state index is 13.1. The molecular formula is C24H26N2O. The van der Waals surface area contributed by atoms with Gasteiger partial charge in [-0.25, -0.2) is 0 Å². The summed E-state index contributed by atoms with van der Waals surface area (Å²) in [6.45, 7) is 2.02. The van der Waals surface area contributed by atoms with Gasteiger partial charge in [-0.05, 0) is 42.5 Å². The Kier molecular flexibility index (Phi) is 4.93. The van der Waals surface area contributed by atoms with Gasteiger partial charge >= 0.3 is 0 Å². The quantitative estimate of drug-likeness (QED) is 0.646. The minimum Gasteiger partial charge on any atom is -0.342 e. The van der Waals surface area contributed by atoms with E-state index in [4.69, 9.17) is 4.98 Å². The average molecular weight is 358 g/mol. The van der Waals surface area contributed by atoms with Crippen molar-refractivity contribution >= 4 is 16.8 Å². The highest BCUT2D eigenvalue weighted by Gasteiger charge is 2.25. The summed E-state index contributed by atoms with van der Waals surface area (Å²) in [5, 5.41) is 1.11. The number of para-hydroxylation sites is 1. The first-order valence-electron chi connectivity index (χ1n) is 9.84. The van der Waals surface area contributed by atoms with Crippen LogP contribution in [0, 0.1) is 6.92 Å². The average Bonchev–Trinajstić information content (AvgIpc) is 3.23. The van der Waals surface area contributed by atoms with Crippen LogP contribution in [0.4, 0.5) is 0 Å². The van der Waals surface area contributed by atoms with E-state index in [9.17, 15) is 4.79 Å². The van der Waals surface area contributed by atoms with E-state index >= 15 is 0 Å². The molecule has 0 N–H and O–H groups in total. The van der Waals surface area contributed by atoms with Crippen molar-refractivity contribution in [3.63, 3.8) is 0 Å². The van der Waals surface area contributed by atoms with Gasteiger partial charge in [0.2, 0.25) is 5.91 Å². The SMILES string of the molecule is Cc1nc2ccccc2c(-c2ccccc2)c1CC(=O)N(C)C1CCCC1. The molecule has 1 aliphatic rings. The molecule has 0 spiro atoms. The topological polar surface area (TPSA) is 33.2 Å². The van der Waals surface area contributed by atoms with Crippen molar-refractivity contribution in [2.24, 2.45) is 0 Å². The molecule has 3 heteroatoms. The number of likely N-dealkylation sites (N-methyl/N-ethyl adjacent to an activating group) is 1. The monoisotopic (exact) mass is 358 g/mol. The Labute approximate surface area is 161 Å². The van der Waals surface area contributed by atoms with E-state index in [1.165, 1.54) is 12.8 Å². The van der Waals surface area contributed by atoms with Gasteiger partial charge in [0.1, 0.15) is 0 Å². The first-order valence-corrected chi connectivity index (χ1v) is 9.84. The summed E-state index contributed by atoms with van der Waals surface area (Å²) in [6.07, 6.45) is 5.12. The second kappa shape index (κ2) is 7.51. The van der Waals surface area contributed by atoms with Gasteiger partial charge in [-0.1, -0.05) is 61.4 Å². The van der Waals surface area contributed by atoms with Gasteiger partial charge in [0.25, 0.3) is 0 Å². The fraction of sp³-hybridized carbons (Fsp3) is 0.333. The highest BCUT2D eigenvalue weighted by atomic mass is 16.2. The lowest BCUT2D eigenvalue weighted by Gasteiger charge is -2.25. The van der Waals surface area contributed by atoms with Gasteiger partial charge in [0, 0.05) is 24.2 Å². The number of rotatable bonds is 4.